The van der Waals surface area contributed by atoms with Gasteiger partial charge in [0.2, 0.25) is 20.8 Å². The molecule has 0 saturated carbocycles. The highest BCUT2D eigenvalue weighted by atomic mass is 32.3. The van der Waals surface area contributed by atoms with E-state index in [1.807, 2.05) is 0 Å². The molecule has 0 aromatic rings. The van der Waals surface area contributed by atoms with Gasteiger partial charge in [-0.15, -0.1) is 13.0 Å². The third kappa shape index (κ3) is 13.1. The quantitative estimate of drug-likeness (QED) is 0.0286. The van der Waals surface area contributed by atoms with Gasteiger partial charge < -0.3 is 54.1 Å². The van der Waals surface area contributed by atoms with E-state index in [1.54, 1.807) is 0 Å². The molecule has 0 aliphatic carbocycles. The lowest BCUT2D eigenvalue weighted by atomic mass is 9.98. The smallest absolute Gasteiger partial charge is 0.218 e. The lowest BCUT2D eigenvalue weighted by Gasteiger charge is -2.45. The number of carboxylic acids is 1. The highest BCUT2D eigenvalue weighted by Crippen LogP contribution is 2.36. The molecule has 0 aromatic carbocycles. The zero-order valence-electron chi connectivity index (χ0n) is 19.8. The zero-order valence-corrected chi connectivity index (χ0v) is 23.9. The number of aliphatic carboxylic acids is 1. The number of hydrogen-bond acceptors (Lipinski definition) is 29. The highest BCUT2D eigenvalue weighted by Gasteiger charge is 2.55. The minimum absolute atomic E-state index is 0.0864. The fourth-order valence-electron chi connectivity index (χ4n) is 3.39. The fraction of sp³-hybridized carbons (Fsp3) is 0.917. The molecule has 2 aliphatic heterocycles. The zero-order chi connectivity index (χ0) is 32.2. The SMILES string of the molecule is O=C([O-])C1OC(OC2C(COSOO[O-])OC(COS(=O)(=O)[O-])C2O)C(OS(=O)(=O)[O-])C(OSOO[O-])C1OSOO[O-]. The first kappa shape index (κ1) is 38.8. The largest absolute Gasteiger partial charge is 0.726 e. The van der Waals surface area contributed by atoms with Gasteiger partial charge in [0.1, 0.15) is 42.7 Å². The third-order valence-electron chi connectivity index (χ3n) is 4.81. The first-order chi connectivity index (χ1) is 20.2. The normalized spacial score (nSPS) is 31.8. The van der Waals surface area contributed by atoms with E-state index in [0.29, 0.717) is 0 Å². The second kappa shape index (κ2) is 18.7. The second-order valence-corrected chi connectivity index (χ2v) is 10.7. The summed E-state index contributed by atoms with van der Waals surface area (Å²) in [4.78, 5) is 11.9. The number of carbonyl (C=O) groups is 1. The van der Waals surface area contributed by atoms with Crippen molar-refractivity contribution in [2.45, 2.75) is 55.1 Å². The van der Waals surface area contributed by atoms with Gasteiger partial charge in [-0.05, 0) is 0 Å². The van der Waals surface area contributed by atoms with Crippen LogP contribution in [0.25, 0.3) is 0 Å². The van der Waals surface area contributed by atoms with E-state index >= 15 is 0 Å². The Morgan fingerprint density at radius 1 is 0.767 bits per heavy atom. The fourth-order valence-corrected chi connectivity index (χ4v) is 5.14. The Labute approximate surface area is 251 Å². The third-order valence-corrected chi connectivity index (χ3v) is 6.86. The van der Waals surface area contributed by atoms with Crippen molar-refractivity contribution in [1.82, 2.24) is 0 Å². The molecule has 0 aromatic heterocycles. The summed E-state index contributed by atoms with van der Waals surface area (Å²) in [6.07, 6.45) is -19.0. The average Bonchev–Trinajstić information content (AvgIpc) is 3.20. The lowest BCUT2D eigenvalue weighted by Crippen LogP contribution is -2.65. The van der Waals surface area contributed by atoms with Crippen LogP contribution in [0, 0.1) is 0 Å². The van der Waals surface area contributed by atoms with Crippen molar-refractivity contribution in [1.29, 1.82) is 0 Å². The Morgan fingerprint density at radius 2 is 1.35 bits per heavy atom. The summed E-state index contributed by atoms with van der Waals surface area (Å²) in [7, 11) is -11.1. The van der Waals surface area contributed by atoms with Crippen molar-refractivity contribution < 1.29 is 120 Å². The Kier molecular flexibility index (Phi) is 16.9. The van der Waals surface area contributed by atoms with Crippen LogP contribution in [-0.2, 0) is 88.8 Å². The van der Waals surface area contributed by atoms with E-state index in [4.69, 9.17) is 26.8 Å². The summed E-state index contributed by atoms with van der Waals surface area (Å²) in [5, 5.41) is 61.8. The predicted molar refractivity (Wildman–Crippen MR) is 108 cm³/mol. The molecular formula is C12H14O26S5-6. The molecule has 31 heteroatoms. The van der Waals surface area contributed by atoms with Crippen LogP contribution in [0.4, 0.5) is 0 Å². The molecule has 43 heavy (non-hydrogen) atoms. The van der Waals surface area contributed by atoms with Crippen molar-refractivity contribution >= 4 is 63.7 Å². The van der Waals surface area contributed by atoms with Crippen molar-refractivity contribution in [3.63, 3.8) is 0 Å². The van der Waals surface area contributed by atoms with Gasteiger partial charge in [-0.2, -0.15) is 0 Å². The summed E-state index contributed by atoms with van der Waals surface area (Å²) < 4.78 is 117. The van der Waals surface area contributed by atoms with E-state index in [-0.39, 0.29) is 24.6 Å². The van der Waals surface area contributed by atoms with Crippen LogP contribution in [0.2, 0.25) is 0 Å². The second-order valence-electron chi connectivity index (χ2n) is 7.23. The molecule has 0 amide bonds. The molecular weight excluding hydrogens is 720 g/mol. The van der Waals surface area contributed by atoms with Gasteiger partial charge in [0.05, 0.1) is 19.2 Å². The van der Waals surface area contributed by atoms with E-state index in [1.165, 1.54) is 0 Å². The van der Waals surface area contributed by atoms with Gasteiger partial charge >= 0.3 is 0 Å². The maximum absolute atomic E-state index is 11.9. The van der Waals surface area contributed by atoms with Crippen LogP contribution < -0.4 is 20.9 Å². The highest BCUT2D eigenvalue weighted by molar-refractivity contribution is 7.90. The van der Waals surface area contributed by atoms with E-state index in [0.717, 1.165) is 0 Å². The molecule has 9 atom stereocenters. The molecule has 2 aliphatic rings. The maximum Gasteiger partial charge on any atom is 0.218 e. The number of hydrogen-bond donors (Lipinski definition) is 1. The molecule has 0 radical (unpaired) electrons. The van der Waals surface area contributed by atoms with Crippen molar-refractivity contribution in [3.8, 4) is 0 Å². The van der Waals surface area contributed by atoms with Gasteiger partial charge in [0, 0.05) is 0 Å². The maximum atomic E-state index is 11.9. The molecule has 2 saturated heterocycles. The molecule has 2 heterocycles. The Bertz CT molecular complexity index is 1040. The summed E-state index contributed by atoms with van der Waals surface area (Å²) >= 11 is -0.844. The molecule has 1 N–H and O–H groups in total. The minimum Gasteiger partial charge on any atom is -0.726 e. The van der Waals surface area contributed by atoms with Crippen LogP contribution in [-0.4, -0.2) is 105 Å². The van der Waals surface area contributed by atoms with Gasteiger partial charge in [-0.1, -0.05) is 0 Å². The van der Waals surface area contributed by atoms with E-state index < -0.39 is 107 Å². The summed E-state index contributed by atoms with van der Waals surface area (Å²) in [5.41, 5.74) is 0. The van der Waals surface area contributed by atoms with Crippen LogP contribution in [0.5, 0.6) is 0 Å². The number of aliphatic hydroxyl groups excluding tert-OH is 1. The number of carboxylic acid groups (broad SMARTS) is 1. The van der Waals surface area contributed by atoms with Crippen molar-refractivity contribution in [2.24, 2.45) is 0 Å². The first-order valence-corrected chi connectivity index (χ1v) is 14.8. The Hall–Kier alpha value is -0.380. The van der Waals surface area contributed by atoms with Crippen LogP contribution in [0.3, 0.4) is 0 Å². The molecule has 9 unspecified atom stereocenters. The van der Waals surface area contributed by atoms with Gasteiger partial charge in [-0.25, -0.2) is 16.8 Å². The van der Waals surface area contributed by atoms with Gasteiger partial charge in [0.25, 0.3) is 0 Å². The van der Waals surface area contributed by atoms with Gasteiger partial charge in [-0.3, -0.25) is 36.0 Å². The average molecular weight is 735 g/mol. The molecule has 0 bridgehead atoms. The molecule has 0 spiro atoms. The Morgan fingerprint density at radius 3 is 1.88 bits per heavy atom. The van der Waals surface area contributed by atoms with Crippen molar-refractivity contribution in [2.75, 3.05) is 13.2 Å². The number of rotatable bonds is 21. The summed E-state index contributed by atoms with van der Waals surface area (Å²) in [6.45, 7) is -1.89. The first-order valence-electron chi connectivity index (χ1n) is 10.1. The summed E-state index contributed by atoms with van der Waals surface area (Å²) in [5.74, 6) is -2.16. The Balaban J connectivity index is 2.44. The minimum atomic E-state index is -5.79. The van der Waals surface area contributed by atoms with E-state index in [2.05, 4.69) is 36.5 Å². The predicted octanol–water partition coefficient (Wildman–Crippen LogP) is -7.56. The lowest BCUT2D eigenvalue weighted by molar-refractivity contribution is -0.778. The molecule has 26 nitrogen and oxygen atoms in total. The molecule has 2 fully saturated rings. The van der Waals surface area contributed by atoms with Crippen LogP contribution in [0.15, 0.2) is 0 Å². The van der Waals surface area contributed by atoms with Gasteiger partial charge in [0.15, 0.2) is 49.4 Å². The monoisotopic (exact) mass is 734 g/mol. The summed E-state index contributed by atoms with van der Waals surface area (Å²) in [6, 6.07) is 0. The molecule has 2 rings (SSSR count). The number of ether oxygens (including phenoxy) is 3. The standard InChI is InChI=1S/C12H20O26S5/c13-5-3(2-26-42(19,20)21)27-4(1-25-39-36-33-16)6(5)28-12-10(32-43(22,23)24)8(31-41-38-35-18)7(30-40-37-34-17)9(29-12)11(14)15/h3-10,12-13,16-18H,1-2H2,(H,14,15)(H,19,20,21)(H,22,23,24)/p-6. The molecule has 254 valence electrons. The van der Waals surface area contributed by atoms with Crippen LogP contribution >= 0.6 is 37.0 Å². The number of carbonyl (C=O) groups excluding carboxylic acids is 1. The number of aliphatic hydroxyl groups is 1. The topological polar surface area (TPSA) is 373 Å². The van der Waals surface area contributed by atoms with Crippen LogP contribution in [0.1, 0.15) is 0 Å². The van der Waals surface area contributed by atoms with E-state index in [9.17, 15) is 56.7 Å². The van der Waals surface area contributed by atoms with Crippen molar-refractivity contribution in [3.05, 3.63) is 0 Å².